The number of nitrogens with one attached hydrogen (secondary N) is 1. The number of benzene rings is 1. The van der Waals surface area contributed by atoms with Gasteiger partial charge in [0.2, 0.25) is 10.0 Å². The summed E-state index contributed by atoms with van der Waals surface area (Å²) in [6, 6.07) is 3.74. The van der Waals surface area contributed by atoms with Crippen molar-refractivity contribution in [2.75, 3.05) is 6.54 Å². The Labute approximate surface area is 126 Å². The van der Waals surface area contributed by atoms with Gasteiger partial charge in [-0.3, -0.25) is 0 Å². The molecular formula is C15H23FN2O2S. The molecule has 1 saturated carbocycles. The highest BCUT2D eigenvalue weighted by atomic mass is 32.2. The highest BCUT2D eigenvalue weighted by Gasteiger charge is 2.24. The van der Waals surface area contributed by atoms with Crippen molar-refractivity contribution in [3.05, 3.63) is 29.6 Å². The maximum Gasteiger partial charge on any atom is 0.240 e. The molecule has 0 amide bonds. The standard InChI is InChI=1S/C15H23FN2O2S/c1-11-4-2-3-5-12(11)10-18-21(19,20)14-6-7-15(16)13(8-14)9-17/h6-8,11-12,18H,2-5,9-10,17H2,1H3. The van der Waals surface area contributed by atoms with Gasteiger partial charge in [0, 0.05) is 18.7 Å². The number of hydrogen-bond acceptors (Lipinski definition) is 3. The molecule has 0 heterocycles. The van der Waals surface area contributed by atoms with E-state index in [9.17, 15) is 12.8 Å². The zero-order chi connectivity index (χ0) is 15.5. The molecule has 1 aliphatic carbocycles. The zero-order valence-electron chi connectivity index (χ0n) is 12.3. The normalized spacial score (nSPS) is 23.2. The Morgan fingerprint density at radius 3 is 2.71 bits per heavy atom. The Morgan fingerprint density at radius 1 is 1.33 bits per heavy atom. The fourth-order valence-corrected chi connectivity index (χ4v) is 4.02. The lowest BCUT2D eigenvalue weighted by atomic mass is 9.81. The second-order valence-electron chi connectivity index (χ2n) is 5.83. The van der Waals surface area contributed by atoms with Crippen molar-refractivity contribution in [2.24, 2.45) is 17.6 Å². The molecule has 0 spiro atoms. The van der Waals surface area contributed by atoms with Crippen LogP contribution in [0.15, 0.2) is 23.1 Å². The van der Waals surface area contributed by atoms with E-state index in [1.165, 1.54) is 18.6 Å². The molecule has 1 aliphatic rings. The lowest BCUT2D eigenvalue weighted by Gasteiger charge is -2.28. The number of halogens is 1. The molecule has 4 nitrogen and oxygen atoms in total. The van der Waals surface area contributed by atoms with Gasteiger partial charge in [-0.25, -0.2) is 17.5 Å². The van der Waals surface area contributed by atoms with Gasteiger partial charge in [0.15, 0.2) is 0 Å². The van der Waals surface area contributed by atoms with E-state index in [1.807, 2.05) is 0 Å². The van der Waals surface area contributed by atoms with Crippen LogP contribution < -0.4 is 10.5 Å². The van der Waals surface area contributed by atoms with Crippen molar-refractivity contribution in [3.8, 4) is 0 Å². The predicted octanol–water partition coefficient (Wildman–Crippen LogP) is 2.39. The van der Waals surface area contributed by atoms with Crippen LogP contribution in [0.5, 0.6) is 0 Å². The molecule has 1 aromatic rings. The van der Waals surface area contributed by atoms with Gasteiger partial charge < -0.3 is 5.73 Å². The topological polar surface area (TPSA) is 72.2 Å². The van der Waals surface area contributed by atoms with E-state index < -0.39 is 15.8 Å². The smallest absolute Gasteiger partial charge is 0.240 e. The second kappa shape index (κ2) is 6.85. The van der Waals surface area contributed by atoms with Crippen molar-refractivity contribution in [1.29, 1.82) is 0 Å². The summed E-state index contributed by atoms with van der Waals surface area (Å²) in [4.78, 5) is 0.0767. The van der Waals surface area contributed by atoms with Gasteiger partial charge in [-0.15, -0.1) is 0 Å². The Hall–Kier alpha value is -0.980. The Bertz CT molecular complexity index is 589. The monoisotopic (exact) mass is 314 g/mol. The predicted molar refractivity (Wildman–Crippen MR) is 80.6 cm³/mol. The molecular weight excluding hydrogens is 291 g/mol. The van der Waals surface area contributed by atoms with E-state index in [-0.39, 0.29) is 17.0 Å². The van der Waals surface area contributed by atoms with Crippen LogP contribution in [-0.2, 0) is 16.6 Å². The summed E-state index contributed by atoms with van der Waals surface area (Å²) in [6.07, 6.45) is 4.59. The first-order valence-corrected chi connectivity index (χ1v) is 8.90. The van der Waals surface area contributed by atoms with Gasteiger partial charge in [-0.1, -0.05) is 26.2 Å². The molecule has 0 radical (unpaired) electrons. The minimum Gasteiger partial charge on any atom is -0.326 e. The molecule has 1 fully saturated rings. The van der Waals surface area contributed by atoms with Crippen molar-refractivity contribution < 1.29 is 12.8 Å². The van der Waals surface area contributed by atoms with Crippen LogP contribution in [0.4, 0.5) is 4.39 Å². The van der Waals surface area contributed by atoms with Crippen LogP contribution in [-0.4, -0.2) is 15.0 Å². The quantitative estimate of drug-likeness (QED) is 0.876. The van der Waals surface area contributed by atoms with E-state index in [1.54, 1.807) is 0 Å². The maximum absolute atomic E-state index is 13.4. The van der Waals surface area contributed by atoms with Crippen molar-refractivity contribution >= 4 is 10.0 Å². The summed E-state index contributed by atoms with van der Waals surface area (Å²) < 4.78 is 40.6. The average Bonchev–Trinajstić information content (AvgIpc) is 2.46. The summed E-state index contributed by atoms with van der Waals surface area (Å²) >= 11 is 0. The summed E-state index contributed by atoms with van der Waals surface area (Å²) in [5, 5.41) is 0. The molecule has 2 rings (SSSR count). The lowest BCUT2D eigenvalue weighted by Crippen LogP contribution is -2.33. The van der Waals surface area contributed by atoms with E-state index in [0.29, 0.717) is 18.4 Å². The molecule has 0 saturated heterocycles. The minimum absolute atomic E-state index is 0.0190. The second-order valence-corrected chi connectivity index (χ2v) is 7.60. The Kier molecular flexibility index (Phi) is 5.35. The first kappa shape index (κ1) is 16.4. The van der Waals surface area contributed by atoms with Crippen molar-refractivity contribution in [2.45, 2.75) is 44.0 Å². The van der Waals surface area contributed by atoms with Gasteiger partial charge in [-0.2, -0.15) is 0 Å². The molecule has 1 aromatic carbocycles. The van der Waals surface area contributed by atoms with Crippen LogP contribution in [0.25, 0.3) is 0 Å². The van der Waals surface area contributed by atoms with Crippen LogP contribution in [0, 0.1) is 17.7 Å². The SMILES string of the molecule is CC1CCCCC1CNS(=O)(=O)c1ccc(F)c(CN)c1. The molecule has 0 aliphatic heterocycles. The van der Waals surface area contributed by atoms with Crippen LogP contribution in [0.3, 0.4) is 0 Å². The molecule has 6 heteroatoms. The molecule has 2 atom stereocenters. The van der Waals surface area contributed by atoms with Crippen molar-refractivity contribution in [3.63, 3.8) is 0 Å². The fraction of sp³-hybridized carbons (Fsp3) is 0.600. The molecule has 118 valence electrons. The van der Waals surface area contributed by atoms with Gasteiger partial charge in [0.1, 0.15) is 5.82 Å². The zero-order valence-corrected chi connectivity index (χ0v) is 13.1. The minimum atomic E-state index is -3.60. The number of nitrogens with two attached hydrogens (primary N) is 1. The summed E-state index contributed by atoms with van der Waals surface area (Å²) in [6.45, 7) is 2.59. The first-order valence-electron chi connectivity index (χ1n) is 7.42. The van der Waals surface area contributed by atoms with E-state index >= 15 is 0 Å². The fourth-order valence-electron chi connectivity index (χ4n) is 2.87. The van der Waals surface area contributed by atoms with Gasteiger partial charge in [-0.05, 0) is 36.5 Å². The van der Waals surface area contributed by atoms with Crippen LogP contribution in [0.1, 0.15) is 38.2 Å². The Morgan fingerprint density at radius 2 is 2.05 bits per heavy atom. The molecule has 0 bridgehead atoms. The van der Waals surface area contributed by atoms with E-state index in [4.69, 9.17) is 5.73 Å². The summed E-state index contributed by atoms with van der Waals surface area (Å²) in [5.41, 5.74) is 5.63. The molecule has 0 aromatic heterocycles. The number of rotatable bonds is 5. The van der Waals surface area contributed by atoms with Gasteiger partial charge >= 0.3 is 0 Å². The third-order valence-corrected chi connectivity index (χ3v) is 5.79. The average molecular weight is 314 g/mol. The first-order chi connectivity index (χ1) is 9.94. The van der Waals surface area contributed by atoms with Crippen LogP contribution in [0.2, 0.25) is 0 Å². The lowest BCUT2D eigenvalue weighted by molar-refractivity contribution is 0.257. The third kappa shape index (κ3) is 4.02. The molecule has 21 heavy (non-hydrogen) atoms. The molecule has 3 N–H and O–H groups in total. The maximum atomic E-state index is 13.4. The van der Waals surface area contributed by atoms with Crippen LogP contribution >= 0.6 is 0 Å². The van der Waals surface area contributed by atoms with Gasteiger partial charge in [0.05, 0.1) is 4.90 Å². The number of hydrogen-bond donors (Lipinski definition) is 2. The highest BCUT2D eigenvalue weighted by molar-refractivity contribution is 7.89. The third-order valence-electron chi connectivity index (χ3n) is 4.37. The highest BCUT2D eigenvalue weighted by Crippen LogP contribution is 2.29. The van der Waals surface area contributed by atoms with E-state index in [2.05, 4.69) is 11.6 Å². The summed E-state index contributed by atoms with van der Waals surface area (Å²) in [5.74, 6) is 0.439. The van der Waals surface area contributed by atoms with Crippen molar-refractivity contribution in [1.82, 2.24) is 4.72 Å². The Balaban J connectivity index is 2.07. The summed E-state index contributed by atoms with van der Waals surface area (Å²) in [7, 11) is -3.60. The molecule has 2 unspecified atom stereocenters. The van der Waals surface area contributed by atoms with Gasteiger partial charge in [0.25, 0.3) is 0 Å². The van der Waals surface area contributed by atoms with E-state index in [0.717, 1.165) is 25.3 Å². The number of sulfonamides is 1. The largest absolute Gasteiger partial charge is 0.326 e.